The van der Waals surface area contributed by atoms with Crippen LogP contribution in [-0.4, -0.2) is 4.98 Å². The van der Waals surface area contributed by atoms with Crippen LogP contribution < -0.4 is 4.90 Å². The minimum absolute atomic E-state index is 0.618. The fraction of sp³-hybridized carbons (Fsp3) is 0.0690. The van der Waals surface area contributed by atoms with Crippen molar-refractivity contribution < 1.29 is 4.42 Å². The van der Waals surface area contributed by atoms with E-state index in [4.69, 9.17) is 4.42 Å². The van der Waals surface area contributed by atoms with E-state index in [1.165, 1.54) is 5.56 Å². The largest absolute Gasteiger partial charge is 0.437 e. The van der Waals surface area contributed by atoms with Crippen LogP contribution in [-0.2, 0) is 6.42 Å². The van der Waals surface area contributed by atoms with Gasteiger partial charge in [-0.05, 0) is 72.2 Å². The Morgan fingerprint density at radius 3 is 1.97 bits per heavy atom. The van der Waals surface area contributed by atoms with E-state index in [0.717, 1.165) is 40.1 Å². The van der Waals surface area contributed by atoms with Gasteiger partial charge < -0.3 is 9.32 Å². The van der Waals surface area contributed by atoms with Crippen LogP contribution in [0, 0.1) is 0 Å². The standard InChI is InChI=1S/C29H24N2O/c1-2-22-15-19-28-27(21-22)30-29(32-28)20-16-23-13-17-26(18-14-23)31(24-9-5-3-6-10-24)25-11-7-4-8-12-25/h3-21H,2H2,1H3. The van der Waals surface area contributed by atoms with E-state index >= 15 is 0 Å². The van der Waals surface area contributed by atoms with Crippen LogP contribution >= 0.6 is 0 Å². The third-order valence-corrected chi connectivity index (χ3v) is 5.48. The van der Waals surface area contributed by atoms with Gasteiger partial charge in [-0.3, -0.25) is 0 Å². The number of nitrogens with zero attached hydrogens (tertiary/aromatic N) is 2. The van der Waals surface area contributed by atoms with Gasteiger partial charge in [0.25, 0.3) is 0 Å². The van der Waals surface area contributed by atoms with Crippen molar-refractivity contribution in [2.24, 2.45) is 0 Å². The molecule has 0 unspecified atom stereocenters. The monoisotopic (exact) mass is 416 g/mol. The molecule has 0 atom stereocenters. The number of benzene rings is 4. The molecule has 0 spiro atoms. The molecular formula is C29H24N2O. The van der Waals surface area contributed by atoms with Crippen LogP contribution in [0.2, 0.25) is 0 Å². The maximum Gasteiger partial charge on any atom is 0.220 e. The number of aryl methyl sites for hydroxylation is 1. The lowest BCUT2D eigenvalue weighted by Gasteiger charge is -2.25. The summed E-state index contributed by atoms with van der Waals surface area (Å²) in [5.74, 6) is 0.618. The Morgan fingerprint density at radius 1 is 0.719 bits per heavy atom. The second kappa shape index (κ2) is 8.94. The number of hydrogen-bond acceptors (Lipinski definition) is 3. The molecule has 0 fully saturated rings. The predicted octanol–water partition coefficient (Wildman–Crippen LogP) is 8.03. The molecule has 0 amide bonds. The lowest BCUT2D eigenvalue weighted by Crippen LogP contribution is -2.09. The molecule has 0 N–H and O–H groups in total. The summed E-state index contributed by atoms with van der Waals surface area (Å²) in [6.45, 7) is 2.14. The Hall–Kier alpha value is -4.11. The number of para-hydroxylation sites is 2. The van der Waals surface area contributed by atoms with Crippen LogP contribution in [0.25, 0.3) is 23.3 Å². The lowest BCUT2D eigenvalue weighted by atomic mass is 10.1. The van der Waals surface area contributed by atoms with Gasteiger partial charge in [-0.15, -0.1) is 0 Å². The van der Waals surface area contributed by atoms with Crippen LogP contribution in [0.3, 0.4) is 0 Å². The summed E-state index contributed by atoms with van der Waals surface area (Å²) in [6, 6.07) is 35.5. The van der Waals surface area contributed by atoms with Crippen molar-refractivity contribution in [3.8, 4) is 0 Å². The van der Waals surface area contributed by atoms with Gasteiger partial charge >= 0.3 is 0 Å². The summed E-state index contributed by atoms with van der Waals surface area (Å²) in [6.07, 6.45) is 4.95. The van der Waals surface area contributed by atoms with Gasteiger partial charge in [0.05, 0.1) is 0 Å². The van der Waals surface area contributed by atoms with Gasteiger partial charge in [0.15, 0.2) is 5.58 Å². The summed E-state index contributed by atoms with van der Waals surface area (Å²) in [5, 5.41) is 0. The molecule has 0 saturated heterocycles. The van der Waals surface area contributed by atoms with Gasteiger partial charge in [-0.25, -0.2) is 4.98 Å². The average molecular weight is 417 g/mol. The molecule has 0 bridgehead atoms. The molecule has 156 valence electrons. The van der Waals surface area contributed by atoms with Crippen molar-refractivity contribution in [2.45, 2.75) is 13.3 Å². The summed E-state index contributed by atoms with van der Waals surface area (Å²) in [7, 11) is 0. The lowest BCUT2D eigenvalue weighted by molar-refractivity contribution is 0.589. The van der Waals surface area contributed by atoms with E-state index in [2.05, 4.69) is 102 Å². The number of oxazole rings is 1. The van der Waals surface area contributed by atoms with E-state index in [0.29, 0.717) is 5.89 Å². The van der Waals surface area contributed by atoms with Gasteiger partial charge in [0, 0.05) is 23.1 Å². The first kappa shape index (κ1) is 19.8. The van der Waals surface area contributed by atoms with Crippen molar-refractivity contribution in [3.05, 3.63) is 120 Å². The smallest absolute Gasteiger partial charge is 0.220 e. The molecule has 1 heterocycles. The summed E-state index contributed by atoms with van der Waals surface area (Å²) in [5.41, 5.74) is 7.43. The molecule has 0 saturated carbocycles. The average Bonchev–Trinajstić information content (AvgIpc) is 3.27. The zero-order chi connectivity index (χ0) is 21.8. The third kappa shape index (κ3) is 4.19. The number of aromatic nitrogens is 1. The van der Waals surface area contributed by atoms with Crippen LogP contribution in [0.5, 0.6) is 0 Å². The number of anilines is 3. The SMILES string of the molecule is CCc1ccc2oc(C=Cc3ccc(N(c4ccccc4)c4ccccc4)cc3)nc2c1. The molecule has 3 heteroatoms. The molecule has 0 radical (unpaired) electrons. The van der Waals surface area contributed by atoms with Crippen molar-refractivity contribution >= 4 is 40.3 Å². The Labute approximate surface area is 188 Å². The van der Waals surface area contributed by atoms with E-state index < -0.39 is 0 Å². The molecule has 5 aromatic rings. The molecular weight excluding hydrogens is 392 g/mol. The molecule has 5 rings (SSSR count). The van der Waals surface area contributed by atoms with E-state index in [1.54, 1.807) is 0 Å². The van der Waals surface area contributed by atoms with Crippen molar-refractivity contribution in [3.63, 3.8) is 0 Å². The first-order chi connectivity index (χ1) is 15.8. The fourth-order valence-corrected chi connectivity index (χ4v) is 3.79. The maximum absolute atomic E-state index is 5.86. The number of fused-ring (bicyclic) bond motifs is 1. The molecule has 4 aromatic carbocycles. The highest BCUT2D eigenvalue weighted by Gasteiger charge is 2.11. The normalized spacial score (nSPS) is 11.3. The van der Waals surface area contributed by atoms with E-state index in [1.807, 2.05) is 30.4 Å². The molecule has 1 aromatic heterocycles. The second-order valence-corrected chi connectivity index (χ2v) is 7.64. The summed E-state index contributed by atoms with van der Waals surface area (Å²) in [4.78, 5) is 6.85. The first-order valence-corrected chi connectivity index (χ1v) is 10.9. The van der Waals surface area contributed by atoms with E-state index in [-0.39, 0.29) is 0 Å². The maximum atomic E-state index is 5.86. The zero-order valence-electron chi connectivity index (χ0n) is 18.0. The minimum Gasteiger partial charge on any atom is -0.437 e. The van der Waals surface area contributed by atoms with Crippen molar-refractivity contribution in [2.75, 3.05) is 4.90 Å². The van der Waals surface area contributed by atoms with Gasteiger partial charge in [-0.2, -0.15) is 0 Å². The molecule has 0 aliphatic heterocycles. The number of hydrogen-bond donors (Lipinski definition) is 0. The highest BCUT2D eigenvalue weighted by atomic mass is 16.3. The molecule has 0 aliphatic carbocycles. The van der Waals surface area contributed by atoms with E-state index in [9.17, 15) is 0 Å². The van der Waals surface area contributed by atoms with Gasteiger partial charge in [0.2, 0.25) is 5.89 Å². The fourth-order valence-electron chi connectivity index (χ4n) is 3.79. The first-order valence-electron chi connectivity index (χ1n) is 10.9. The highest BCUT2D eigenvalue weighted by Crippen LogP contribution is 2.34. The highest BCUT2D eigenvalue weighted by molar-refractivity contribution is 5.79. The van der Waals surface area contributed by atoms with Crippen molar-refractivity contribution in [1.29, 1.82) is 0 Å². The van der Waals surface area contributed by atoms with Crippen LogP contribution in [0.1, 0.15) is 23.9 Å². The third-order valence-electron chi connectivity index (χ3n) is 5.48. The zero-order valence-corrected chi connectivity index (χ0v) is 18.0. The van der Waals surface area contributed by atoms with Crippen LogP contribution in [0.15, 0.2) is 108 Å². The second-order valence-electron chi connectivity index (χ2n) is 7.64. The Balaban J connectivity index is 1.41. The molecule has 32 heavy (non-hydrogen) atoms. The Morgan fingerprint density at radius 2 is 1.34 bits per heavy atom. The minimum atomic E-state index is 0.618. The quantitative estimate of drug-likeness (QED) is 0.280. The molecule has 0 aliphatic rings. The topological polar surface area (TPSA) is 29.3 Å². The Kier molecular flexibility index (Phi) is 5.54. The van der Waals surface area contributed by atoms with Crippen molar-refractivity contribution in [1.82, 2.24) is 4.98 Å². The van der Waals surface area contributed by atoms with Gasteiger partial charge in [0.1, 0.15) is 5.52 Å². The van der Waals surface area contributed by atoms with Gasteiger partial charge in [-0.1, -0.05) is 61.5 Å². The summed E-state index contributed by atoms with van der Waals surface area (Å²) < 4.78 is 5.86. The van der Waals surface area contributed by atoms with Crippen LogP contribution in [0.4, 0.5) is 17.1 Å². The predicted molar refractivity (Wildman–Crippen MR) is 133 cm³/mol. The Bertz CT molecular complexity index is 1300. The molecule has 3 nitrogen and oxygen atoms in total. The summed E-state index contributed by atoms with van der Waals surface area (Å²) >= 11 is 0. The number of rotatable bonds is 6.